The lowest BCUT2D eigenvalue weighted by Crippen LogP contribution is -2.56. The minimum atomic E-state index is -1.66. The summed E-state index contributed by atoms with van der Waals surface area (Å²) in [7, 11) is 1.31. The first-order valence-corrected chi connectivity index (χ1v) is 8.70. The van der Waals surface area contributed by atoms with Crippen LogP contribution in [0.4, 0.5) is 14.9 Å². The maximum atomic E-state index is 14.5. The summed E-state index contributed by atoms with van der Waals surface area (Å²) in [5.74, 6) is -1.75. The van der Waals surface area contributed by atoms with E-state index in [9.17, 15) is 19.1 Å². The Bertz CT molecular complexity index is 1080. The third-order valence-electron chi connectivity index (χ3n) is 4.30. The number of carboxylic acids is 1. The monoisotopic (exact) mass is 401 g/mol. The van der Waals surface area contributed by atoms with Crippen molar-refractivity contribution in [3.63, 3.8) is 0 Å². The predicted molar refractivity (Wildman–Crippen MR) is 104 cm³/mol. The SMILES string of the molecule is COCC(C)(NC(=O)Nc1ccc(-c2nc3cc(C)ccc3o2)cc1F)C(=O)O. The number of methoxy groups -OCH3 is 1. The largest absolute Gasteiger partial charge is 0.479 e. The van der Waals surface area contributed by atoms with Crippen molar-refractivity contribution >= 4 is 28.8 Å². The quantitative estimate of drug-likeness (QED) is 0.582. The molecule has 0 aliphatic rings. The van der Waals surface area contributed by atoms with Crippen LogP contribution < -0.4 is 10.6 Å². The van der Waals surface area contributed by atoms with Gasteiger partial charge in [0.05, 0.1) is 12.3 Å². The number of nitrogens with zero attached hydrogens (tertiary/aromatic N) is 1. The minimum Gasteiger partial charge on any atom is -0.479 e. The summed E-state index contributed by atoms with van der Waals surface area (Å²) in [6.07, 6.45) is 0. The van der Waals surface area contributed by atoms with Crippen LogP contribution in [0.3, 0.4) is 0 Å². The van der Waals surface area contributed by atoms with Gasteiger partial charge < -0.3 is 24.9 Å². The van der Waals surface area contributed by atoms with Gasteiger partial charge in [0.25, 0.3) is 0 Å². The van der Waals surface area contributed by atoms with E-state index in [0.29, 0.717) is 16.7 Å². The van der Waals surface area contributed by atoms with Crippen molar-refractivity contribution in [3.8, 4) is 11.5 Å². The van der Waals surface area contributed by atoms with Gasteiger partial charge in [-0.3, -0.25) is 0 Å². The highest BCUT2D eigenvalue weighted by atomic mass is 19.1. The van der Waals surface area contributed by atoms with E-state index in [1.807, 2.05) is 19.1 Å². The first-order chi connectivity index (χ1) is 13.7. The number of benzene rings is 2. The molecule has 0 fully saturated rings. The number of anilines is 1. The number of ether oxygens (including phenoxy) is 1. The molecular formula is C20H20FN3O5. The van der Waals surface area contributed by atoms with Crippen molar-refractivity contribution in [3.05, 3.63) is 47.8 Å². The zero-order chi connectivity index (χ0) is 21.2. The fraction of sp³-hybridized carbons (Fsp3) is 0.250. The van der Waals surface area contributed by atoms with E-state index in [1.54, 1.807) is 12.1 Å². The normalized spacial score (nSPS) is 13.1. The van der Waals surface area contributed by atoms with Crippen molar-refractivity contribution < 1.29 is 28.2 Å². The highest BCUT2D eigenvalue weighted by molar-refractivity contribution is 5.94. The number of hydrogen-bond acceptors (Lipinski definition) is 5. The number of urea groups is 1. The van der Waals surface area contributed by atoms with Crippen molar-refractivity contribution in [2.75, 3.05) is 19.0 Å². The first-order valence-electron chi connectivity index (χ1n) is 8.70. The molecule has 152 valence electrons. The molecule has 0 saturated heterocycles. The van der Waals surface area contributed by atoms with Gasteiger partial charge in [-0.25, -0.2) is 19.0 Å². The van der Waals surface area contributed by atoms with Gasteiger partial charge in [-0.1, -0.05) is 6.07 Å². The molecule has 8 nitrogen and oxygen atoms in total. The predicted octanol–water partition coefficient (Wildman–Crippen LogP) is 3.55. The Hall–Kier alpha value is -3.46. The summed E-state index contributed by atoms with van der Waals surface area (Å²) < 4.78 is 25.0. The molecule has 1 aromatic heterocycles. The third-order valence-corrected chi connectivity index (χ3v) is 4.30. The van der Waals surface area contributed by atoms with Crippen LogP contribution in [0.15, 0.2) is 40.8 Å². The smallest absolute Gasteiger partial charge is 0.331 e. The molecule has 2 aromatic carbocycles. The molecule has 0 aliphatic carbocycles. The van der Waals surface area contributed by atoms with Gasteiger partial charge in [-0.2, -0.15) is 0 Å². The Morgan fingerprint density at radius 1 is 1.28 bits per heavy atom. The Morgan fingerprint density at radius 3 is 2.69 bits per heavy atom. The van der Waals surface area contributed by atoms with Gasteiger partial charge in [-0.05, 0) is 49.7 Å². The molecule has 0 aliphatic heterocycles. The Balaban J connectivity index is 1.78. The number of aliphatic carboxylic acids is 1. The molecule has 9 heteroatoms. The Kier molecular flexibility index (Phi) is 5.51. The lowest BCUT2D eigenvalue weighted by atomic mass is 10.1. The maximum absolute atomic E-state index is 14.5. The van der Waals surface area contributed by atoms with E-state index in [0.717, 1.165) is 5.56 Å². The van der Waals surface area contributed by atoms with Crippen LogP contribution >= 0.6 is 0 Å². The van der Waals surface area contributed by atoms with Crippen LogP contribution in [0.5, 0.6) is 0 Å². The molecule has 0 saturated carbocycles. The number of aryl methyl sites for hydroxylation is 1. The van der Waals surface area contributed by atoms with Gasteiger partial charge in [0.1, 0.15) is 11.3 Å². The summed E-state index contributed by atoms with van der Waals surface area (Å²) in [4.78, 5) is 27.8. The molecule has 1 heterocycles. The highest BCUT2D eigenvalue weighted by Crippen LogP contribution is 2.27. The summed E-state index contributed by atoms with van der Waals surface area (Å²) in [6, 6.07) is 8.73. The molecule has 0 radical (unpaired) electrons. The fourth-order valence-electron chi connectivity index (χ4n) is 2.75. The number of rotatable bonds is 6. The average Bonchev–Trinajstić information content (AvgIpc) is 3.06. The van der Waals surface area contributed by atoms with Gasteiger partial charge in [0, 0.05) is 12.7 Å². The van der Waals surface area contributed by atoms with Gasteiger partial charge >= 0.3 is 12.0 Å². The van der Waals surface area contributed by atoms with E-state index in [-0.39, 0.29) is 18.2 Å². The summed E-state index contributed by atoms with van der Waals surface area (Å²) >= 11 is 0. The average molecular weight is 401 g/mol. The Morgan fingerprint density at radius 2 is 2.03 bits per heavy atom. The van der Waals surface area contributed by atoms with E-state index in [1.165, 1.54) is 26.2 Å². The third kappa shape index (κ3) is 4.35. The van der Waals surface area contributed by atoms with Crippen molar-refractivity contribution in [2.24, 2.45) is 0 Å². The Labute approximate surface area is 165 Å². The van der Waals surface area contributed by atoms with Crippen LogP contribution in [0.2, 0.25) is 0 Å². The number of carbonyl (C=O) groups excluding carboxylic acids is 1. The number of carbonyl (C=O) groups is 2. The van der Waals surface area contributed by atoms with Gasteiger partial charge in [0.2, 0.25) is 5.89 Å². The standard InChI is InChI=1S/C20H20FN3O5/c1-11-4-7-16-15(8-11)22-17(29-16)12-5-6-14(13(21)9-12)23-19(27)24-20(2,10-28-3)18(25)26/h4-9H,10H2,1-3H3,(H,25,26)(H2,23,24,27). The van der Waals surface area contributed by atoms with Gasteiger partial charge in [-0.15, -0.1) is 0 Å². The number of hydrogen-bond donors (Lipinski definition) is 3. The number of halogens is 1. The number of fused-ring (bicyclic) bond motifs is 1. The lowest BCUT2D eigenvalue weighted by Gasteiger charge is -2.25. The second kappa shape index (κ2) is 7.88. The second-order valence-corrected chi connectivity index (χ2v) is 6.83. The van der Waals surface area contributed by atoms with Gasteiger partial charge in [0.15, 0.2) is 11.1 Å². The molecule has 1 atom stereocenters. The highest BCUT2D eigenvalue weighted by Gasteiger charge is 2.35. The fourth-order valence-corrected chi connectivity index (χ4v) is 2.75. The van der Waals surface area contributed by atoms with Crippen LogP contribution in [-0.4, -0.2) is 41.3 Å². The van der Waals surface area contributed by atoms with Crippen LogP contribution in [0, 0.1) is 12.7 Å². The lowest BCUT2D eigenvalue weighted by molar-refractivity contribution is -0.145. The molecule has 0 bridgehead atoms. The zero-order valence-corrected chi connectivity index (χ0v) is 16.1. The molecule has 0 spiro atoms. The van der Waals surface area contributed by atoms with Crippen LogP contribution in [0.1, 0.15) is 12.5 Å². The second-order valence-electron chi connectivity index (χ2n) is 6.83. The number of amides is 2. The van der Waals surface area contributed by atoms with E-state index in [4.69, 9.17) is 9.15 Å². The number of nitrogens with one attached hydrogen (secondary N) is 2. The summed E-state index contributed by atoms with van der Waals surface area (Å²) in [5.41, 5.74) is 0.883. The molecule has 29 heavy (non-hydrogen) atoms. The molecule has 3 aromatic rings. The molecule has 1 unspecified atom stereocenters. The number of aromatic nitrogens is 1. The van der Waals surface area contributed by atoms with E-state index >= 15 is 0 Å². The number of oxazole rings is 1. The maximum Gasteiger partial charge on any atom is 0.331 e. The van der Waals surface area contributed by atoms with E-state index in [2.05, 4.69) is 15.6 Å². The van der Waals surface area contributed by atoms with Crippen molar-refractivity contribution in [2.45, 2.75) is 19.4 Å². The van der Waals surface area contributed by atoms with Crippen molar-refractivity contribution in [1.82, 2.24) is 10.3 Å². The molecule has 3 N–H and O–H groups in total. The zero-order valence-electron chi connectivity index (χ0n) is 16.1. The summed E-state index contributed by atoms with van der Waals surface area (Å²) in [5, 5.41) is 13.8. The van der Waals surface area contributed by atoms with Crippen molar-refractivity contribution in [1.29, 1.82) is 0 Å². The van der Waals surface area contributed by atoms with Crippen LogP contribution in [-0.2, 0) is 9.53 Å². The topological polar surface area (TPSA) is 114 Å². The summed E-state index contributed by atoms with van der Waals surface area (Å²) in [6.45, 7) is 2.96. The molecule has 3 rings (SSSR count). The molecule has 2 amide bonds. The van der Waals surface area contributed by atoms with Crippen LogP contribution in [0.25, 0.3) is 22.6 Å². The first kappa shape index (κ1) is 20.3. The molecular weight excluding hydrogens is 381 g/mol. The van der Waals surface area contributed by atoms with E-state index < -0.39 is 23.4 Å². The number of carboxylic acid groups (broad SMARTS) is 1. The minimum absolute atomic E-state index is 0.122.